The predicted molar refractivity (Wildman–Crippen MR) is 58.8 cm³/mol. The van der Waals surface area contributed by atoms with Gasteiger partial charge in [0.1, 0.15) is 0 Å². The molecule has 2 rings (SSSR count). The van der Waals surface area contributed by atoms with Crippen molar-refractivity contribution in [2.24, 2.45) is 5.73 Å². The van der Waals surface area contributed by atoms with Crippen LogP contribution in [0.5, 0.6) is 0 Å². The molecular weight excluding hydrogens is 172 g/mol. The Morgan fingerprint density at radius 2 is 1.71 bits per heavy atom. The van der Waals surface area contributed by atoms with Crippen LogP contribution in [0, 0.1) is 0 Å². The molecule has 2 N–H and O–H groups in total. The van der Waals surface area contributed by atoms with Gasteiger partial charge in [0.15, 0.2) is 0 Å². The zero-order chi connectivity index (χ0) is 10.2. The Morgan fingerprint density at radius 3 is 2.14 bits per heavy atom. The number of rotatable bonds is 2. The third-order valence-electron chi connectivity index (χ3n) is 3.20. The SMILES string of the molecule is CC(C)(CN)N1Cc2ccccc2C1. The molecule has 76 valence electrons. The quantitative estimate of drug-likeness (QED) is 0.769. The molecule has 1 aromatic rings. The molecule has 1 aliphatic heterocycles. The predicted octanol–water partition coefficient (Wildman–Crippen LogP) is 1.74. The van der Waals surface area contributed by atoms with Gasteiger partial charge in [0.25, 0.3) is 0 Å². The lowest BCUT2D eigenvalue weighted by Gasteiger charge is -2.34. The molecule has 14 heavy (non-hydrogen) atoms. The molecule has 0 unspecified atom stereocenters. The van der Waals surface area contributed by atoms with Crippen molar-refractivity contribution in [1.29, 1.82) is 0 Å². The number of hydrogen-bond donors (Lipinski definition) is 1. The summed E-state index contributed by atoms with van der Waals surface area (Å²) in [5.74, 6) is 0. The normalized spacial score (nSPS) is 17.1. The van der Waals surface area contributed by atoms with E-state index < -0.39 is 0 Å². The van der Waals surface area contributed by atoms with Crippen LogP contribution in [0.15, 0.2) is 24.3 Å². The maximum Gasteiger partial charge on any atom is 0.0282 e. The Hall–Kier alpha value is -0.860. The molecule has 0 aliphatic carbocycles. The highest BCUT2D eigenvalue weighted by Crippen LogP contribution is 2.28. The second kappa shape index (κ2) is 3.37. The fourth-order valence-corrected chi connectivity index (χ4v) is 1.89. The zero-order valence-electron chi connectivity index (χ0n) is 8.96. The summed E-state index contributed by atoms with van der Waals surface area (Å²) >= 11 is 0. The van der Waals surface area contributed by atoms with Crippen molar-refractivity contribution in [2.75, 3.05) is 6.54 Å². The molecule has 1 aromatic carbocycles. The minimum absolute atomic E-state index is 0.110. The van der Waals surface area contributed by atoms with Crippen molar-refractivity contribution < 1.29 is 0 Å². The average molecular weight is 190 g/mol. The number of benzene rings is 1. The molecule has 1 aliphatic rings. The van der Waals surface area contributed by atoms with Gasteiger partial charge in [-0.05, 0) is 25.0 Å². The van der Waals surface area contributed by atoms with E-state index >= 15 is 0 Å². The first kappa shape index (κ1) is 9.69. The van der Waals surface area contributed by atoms with Crippen molar-refractivity contribution in [3.8, 4) is 0 Å². The molecule has 0 saturated carbocycles. The van der Waals surface area contributed by atoms with Gasteiger partial charge in [0.2, 0.25) is 0 Å². The molecule has 0 radical (unpaired) electrons. The summed E-state index contributed by atoms with van der Waals surface area (Å²) in [6.45, 7) is 7.21. The van der Waals surface area contributed by atoms with Crippen molar-refractivity contribution in [3.63, 3.8) is 0 Å². The molecule has 0 fully saturated rings. The summed E-state index contributed by atoms with van der Waals surface area (Å²) in [4.78, 5) is 2.44. The third-order valence-corrected chi connectivity index (χ3v) is 3.20. The molecule has 1 heterocycles. The van der Waals surface area contributed by atoms with Gasteiger partial charge in [-0.2, -0.15) is 0 Å². The van der Waals surface area contributed by atoms with Gasteiger partial charge in [0, 0.05) is 25.2 Å². The molecule has 0 aromatic heterocycles. The van der Waals surface area contributed by atoms with Crippen LogP contribution in [0.25, 0.3) is 0 Å². The smallest absolute Gasteiger partial charge is 0.0282 e. The van der Waals surface area contributed by atoms with Gasteiger partial charge in [-0.25, -0.2) is 0 Å². The second-order valence-corrected chi connectivity index (χ2v) is 4.64. The number of nitrogens with two attached hydrogens (primary N) is 1. The average Bonchev–Trinajstić information content (AvgIpc) is 2.61. The summed E-state index contributed by atoms with van der Waals surface area (Å²) in [7, 11) is 0. The summed E-state index contributed by atoms with van der Waals surface area (Å²) in [6, 6.07) is 8.64. The first-order chi connectivity index (χ1) is 6.63. The van der Waals surface area contributed by atoms with Crippen LogP contribution in [-0.2, 0) is 13.1 Å². The van der Waals surface area contributed by atoms with E-state index in [1.54, 1.807) is 0 Å². The van der Waals surface area contributed by atoms with E-state index in [9.17, 15) is 0 Å². The van der Waals surface area contributed by atoms with Gasteiger partial charge in [-0.3, -0.25) is 4.90 Å². The van der Waals surface area contributed by atoms with Crippen molar-refractivity contribution >= 4 is 0 Å². The van der Waals surface area contributed by atoms with E-state index in [2.05, 4.69) is 43.0 Å². The molecule has 0 atom stereocenters. The Labute approximate surface area is 85.7 Å². The minimum atomic E-state index is 0.110. The van der Waals surface area contributed by atoms with Crippen LogP contribution in [0.3, 0.4) is 0 Å². The van der Waals surface area contributed by atoms with Crippen LogP contribution >= 0.6 is 0 Å². The van der Waals surface area contributed by atoms with Crippen LogP contribution in [-0.4, -0.2) is 17.0 Å². The second-order valence-electron chi connectivity index (χ2n) is 4.64. The Balaban J connectivity index is 2.19. The summed E-state index contributed by atoms with van der Waals surface area (Å²) in [6.07, 6.45) is 0. The maximum absolute atomic E-state index is 5.78. The van der Waals surface area contributed by atoms with Gasteiger partial charge in [-0.15, -0.1) is 0 Å². The van der Waals surface area contributed by atoms with Crippen molar-refractivity contribution in [2.45, 2.75) is 32.5 Å². The molecule has 0 spiro atoms. The largest absolute Gasteiger partial charge is 0.329 e. The fraction of sp³-hybridized carbons (Fsp3) is 0.500. The van der Waals surface area contributed by atoms with Crippen LogP contribution in [0.1, 0.15) is 25.0 Å². The molecular formula is C12H18N2. The van der Waals surface area contributed by atoms with Crippen LogP contribution < -0.4 is 5.73 Å². The lowest BCUT2D eigenvalue weighted by molar-refractivity contribution is 0.126. The number of fused-ring (bicyclic) bond motifs is 1. The Kier molecular flexibility index (Phi) is 2.33. The molecule has 0 amide bonds. The van der Waals surface area contributed by atoms with E-state index in [-0.39, 0.29) is 5.54 Å². The summed E-state index contributed by atoms with van der Waals surface area (Å²) in [5, 5.41) is 0. The highest BCUT2D eigenvalue weighted by atomic mass is 15.2. The van der Waals surface area contributed by atoms with Crippen LogP contribution in [0.4, 0.5) is 0 Å². The first-order valence-electron chi connectivity index (χ1n) is 5.15. The van der Waals surface area contributed by atoms with Crippen molar-refractivity contribution in [1.82, 2.24) is 4.90 Å². The number of nitrogens with zero attached hydrogens (tertiary/aromatic N) is 1. The van der Waals surface area contributed by atoms with Gasteiger partial charge in [-0.1, -0.05) is 24.3 Å². The number of hydrogen-bond acceptors (Lipinski definition) is 2. The topological polar surface area (TPSA) is 29.3 Å². The minimum Gasteiger partial charge on any atom is -0.329 e. The molecule has 2 nitrogen and oxygen atoms in total. The summed E-state index contributed by atoms with van der Waals surface area (Å²) < 4.78 is 0. The van der Waals surface area contributed by atoms with E-state index in [1.807, 2.05) is 0 Å². The van der Waals surface area contributed by atoms with Gasteiger partial charge < -0.3 is 5.73 Å². The van der Waals surface area contributed by atoms with E-state index in [0.29, 0.717) is 6.54 Å². The summed E-state index contributed by atoms with van der Waals surface area (Å²) in [5.41, 5.74) is 8.80. The monoisotopic (exact) mass is 190 g/mol. The van der Waals surface area contributed by atoms with E-state index in [0.717, 1.165) is 13.1 Å². The third kappa shape index (κ3) is 1.56. The highest BCUT2D eigenvalue weighted by Gasteiger charge is 2.30. The first-order valence-corrected chi connectivity index (χ1v) is 5.15. The Bertz CT molecular complexity index is 306. The van der Waals surface area contributed by atoms with Gasteiger partial charge >= 0.3 is 0 Å². The highest BCUT2D eigenvalue weighted by molar-refractivity contribution is 5.30. The lowest BCUT2D eigenvalue weighted by Crippen LogP contribution is -2.46. The Morgan fingerprint density at radius 1 is 1.21 bits per heavy atom. The fourth-order valence-electron chi connectivity index (χ4n) is 1.89. The van der Waals surface area contributed by atoms with Crippen molar-refractivity contribution in [3.05, 3.63) is 35.4 Å². The van der Waals surface area contributed by atoms with Gasteiger partial charge in [0.05, 0.1) is 0 Å². The molecule has 0 saturated heterocycles. The van der Waals surface area contributed by atoms with E-state index in [4.69, 9.17) is 5.73 Å². The standard InChI is InChI=1S/C12H18N2/c1-12(2,9-13)14-7-10-5-3-4-6-11(10)8-14/h3-6H,7-9,13H2,1-2H3. The lowest BCUT2D eigenvalue weighted by atomic mass is 10.0. The molecule has 2 heteroatoms. The zero-order valence-corrected chi connectivity index (χ0v) is 8.96. The van der Waals surface area contributed by atoms with E-state index in [1.165, 1.54) is 11.1 Å². The maximum atomic E-state index is 5.78. The van der Waals surface area contributed by atoms with Crippen LogP contribution in [0.2, 0.25) is 0 Å². The molecule has 0 bridgehead atoms.